The third-order valence-corrected chi connectivity index (χ3v) is 3.61. The number of halogens is 1. The zero-order chi connectivity index (χ0) is 10.8. The SMILES string of the molecule is CNC(c1ccc(Cl)s1)c1cncn1C. The van der Waals surface area contributed by atoms with Crippen molar-refractivity contribution in [2.24, 2.45) is 7.05 Å². The monoisotopic (exact) mass is 241 g/mol. The van der Waals surface area contributed by atoms with E-state index in [9.17, 15) is 0 Å². The van der Waals surface area contributed by atoms with Gasteiger partial charge < -0.3 is 9.88 Å². The number of thiophene rings is 1. The third kappa shape index (κ3) is 2.07. The Kier molecular flexibility index (Phi) is 3.09. The molecule has 0 spiro atoms. The predicted octanol–water partition coefficient (Wildman–Crippen LogP) is 2.44. The highest BCUT2D eigenvalue weighted by molar-refractivity contribution is 7.16. The maximum atomic E-state index is 5.93. The Labute approximate surface area is 97.7 Å². The van der Waals surface area contributed by atoms with E-state index in [1.54, 1.807) is 17.7 Å². The summed E-state index contributed by atoms with van der Waals surface area (Å²) < 4.78 is 2.82. The average molecular weight is 242 g/mol. The Morgan fingerprint density at radius 2 is 2.33 bits per heavy atom. The standard InChI is InChI=1S/C10H12ClN3S/c1-12-10(7-5-13-6-14(7)2)8-3-4-9(11)15-8/h3-6,10,12H,1-2H3. The number of nitrogens with zero attached hydrogens (tertiary/aromatic N) is 2. The van der Waals surface area contributed by atoms with Gasteiger partial charge in [0.1, 0.15) is 0 Å². The molecule has 3 nitrogen and oxygen atoms in total. The Morgan fingerprint density at radius 1 is 1.53 bits per heavy atom. The molecule has 2 rings (SSSR count). The van der Waals surface area contributed by atoms with Crippen molar-refractivity contribution in [1.82, 2.24) is 14.9 Å². The van der Waals surface area contributed by atoms with Gasteiger partial charge in [-0.1, -0.05) is 11.6 Å². The molecule has 0 radical (unpaired) electrons. The zero-order valence-corrected chi connectivity index (χ0v) is 10.1. The van der Waals surface area contributed by atoms with Crippen LogP contribution in [0.25, 0.3) is 0 Å². The summed E-state index contributed by atoms with van der Waals surface area (Å²) in [6, 6.07) is 4.12. The molecular weight excluding hydrogens is 230 g/mol. The topological polar surface area (TPSA) is 29.9 Å². The molecule has 2 aromatic rings. The molecule has 5 heteroatoms. The molecule has 0 saturated carbocycles. The molecule has 1 unspecified atom stereocenters. The predicted molar refractivity (Wildman–Crippen MR) is 63.4 cm³/mol. The quantitative estimate of drug-likeness (QED) is 0.895. The lowest BCUT2D eigenvalue weighted by Crippen LogP contribution is -2.18. The van der Waals surface area contributed by atoms with E-state index in [1.807, 2.05) is 37.0 Å². The van der Waals surface area contributed by atoms with Gasteiger partial charge in [0.2, 0.25) is 0 Å². The van der Waals surface area contributed by atoms with Crippen LogP contribution in [0, 0.1) is 0 Å². The largest absolute Gasteiger partial charge is 0.336 e. The number of imidazole rings is 1. The first-order chi connectivity index (χ1) is 7.22. The molecule has 80 valence electrons. The summed E-state index contributed by atoms with van der Waals surface area (Å²) in [7, 11) is 3.92. The van der Waals surface area contributed by atoms with E-state index < -0.39 is 0 Å². The van der Waals surface area contributed by atoms with Crippen LogP contribution in [-0.4, -0.2) is 16.6 Å². The molecule has 15 heavy (non-hydrogen) atoms. The van der Waals surface area contributed by atoms with Crippen LogP contribution in [0.2, 0.25) is 4.34 Å². The van der Waals surface area contributed by atoms with Gasteiger partial charge in [0.15, 0.2) is 0 Å². The van der Waals surface area contributed by atoms with Crippen LogP contribution in [0.3, 0.4) is 0 Å². The van der Waals surface area contributed by atoms with Gasteiger partial charge in [0, 0.05) is 11.9 Å². The molecule has 2 heterocycles. The van der Waals surface area contributed by atoms with Gasteiger partial charge in [0.25, 0.3) is 0 Å². The van der Waals surface area contributed by atoms with E-state index in [-0.39, 0.29) is 6.04 Å². The summed E-state index contributed by atoms with van der Waals surface area (Å²) >= 11 is 7.52. The number of nitrogens with one attached hydrogen (secondary N) is 1. The molecule has 0 bridgehead atoms. The van der Waals surface area contributed by atoms with Crippen LogP contribution in [0.1, 0.15) is 16.6 Å². The van der Waals surface area contributed by atoms with Gasteiger partial charge >= 0.3 is 0 Å². The number of hydrogen-bond donors (Lipinski definition) is 1. The minimum atomic E-state index is 0.162. The van der Waals surface area contributed by atoms with Crippen LogP contribution in [-0.2, 0) is 7.05 Å². The van der Waals surface area contributed by atoms with Crippen molar-refractivity contribution in [3.8, 4) is 0 Å². The maximum absolute atomic E-state index is 5.93. The first-order valence-electron chi connectivity index (χ1n) is 4.61. The average Bonchev–Trinajstić information content (AvgIpc) is 2.79. The molecule has 0 amide bonds. The molecule has 0 fully saturated rings. The highest BCUT2D eigenvalue weighted by atomic mass is 35.5. The minimum Gasteiger partial charge on any atom is -0.336 e. The number of aromatic nitrogens is 2. The van der Waals surface area contributed by atoms with Crippen LogP contribution in [0.15, 0.2) is 24.7 Å². The third-order valence-electron chi connectivity index (χ3n) is 2.32. The fraction of sp³-hybridized carbons (Fsp3) is 0.300. The Morgan fingerprint density at radius 3 is 2.80 bits per heavy atom. The number of rotatable bonds is 3. The van der Waals surface area contributed by atoms with E-state index in [4.69, 9.17) is 11.6 Å². The number of hydrogen-bond acceptors (Lipinski definition) is 3. The fourth-order valence-electron chi connectivity index (χ4n) is 1.56. The second-order valence-corrected chi connectivity index (χ2v) is 5.04. The van der Waals surface area contributed by atoms with Gasteiger partial charge in [-0.25, -0.2) is 4.98 Å². The first-order valence-corrected chi connectivity index (χ1v) is 5.80. The van der Waals surface area contributed by atoms with Crippen molar-refractivity contribution in [2.45, 2.75) is 6.04 Å². The van der Waals surface area contributed by atoms with E-state index in [0.29, 0.717) is 0 Å². The lowest BCUT2D eigenvalue weighted by molar-refractivity contribution is 0.647. The van der Waals surface area contributed by atoms with Crippen molar-refractivity contribution in [1.29, 1.82) is 0 Å². The molecule has 0 aliphatic heterocycles. The molecule has 0 saturated heterocycles. The zero-order valence-electron chi connectivity index (χ0n) is 8.57. The van der Waals surface area contributed by atoms with Crippen LogP contribution < -0.4 is 5.32 Å². The minimum absolute atomic E-state index is 0.162. The molecular formula is C10H12ClN3S. The second-order valence-electron chi connectivity index (χ2n) is 3.29. The fourth-order valence-corrected chi connectivity index (χ4v) is 2.75. The van der Waals surface area contributed by atoms with E-state index in [1.165, 1.54) is 4.88 Å². The van der Waals surface area contributed by atoms with E-state index >= 15 is 0 Å². The van der Waals surface area contributed by atoms with E-state index in [0.717, 1.165) is 10.0 Å². The second kappa shape index (κ2) is 4.35. The van der Waals surface area contributed by atoms with Crippen molar-refractivity contribution in [3.05, 3.63) is 39.6 Å². The summed E-state index contributed by atoms with van der Waals surface area (Å²) in [5, 5.41) is 3.27. The van der Waals surface area contributed by atoms with Crippen LogP contribution >= 0.6 is 22.9 Å². The summed E-state index contributed by atoms with van der Waals surface area (Å²) in [4.78, 5) is 5.32. The smallest absolute Gasteiger partial charge is 0.0946 e. The van der Waals surface area contributed by atoms with E-state index in [2.05, 4.69) is 10.3 Å². The Bertz CT molecular complexity index is 449. The van der Waals surface area contributed by atoms with Gasteiger partial charge in [-0.3, -0.25) is 0 Å². The highest BCUT2D eigenvalue weighted by Gasteiger charge is 2.16. The Hall–Kier alpha value is -0.840. The highest BCUT2D eigenvalue weighted by Crippen LogP contribution is 2.30. The summed E-state index contributed by atoms with van der Waals surface area (Å²) in [6.45, 7) is 0. The summed E-state index contributed by atoms with van der Waals surface area (Å²) in [5.41, 5.74) is 1.14. The van der Waals surface area contributed by atoms with Gasteiger partial charge in [-0.15, -0.1) is 11.3 Å². The van der Waals surface area contributed by atoms with Gasteiger partial charge in [0.05, 0.1) is 28.6 Å². The molecule has 0 aromatic carbocycles. The van der Waals surface area contributed by atoms with Gasteiger partial charge in [-0.05, 0) is 19.2 Å². The van der Waals surface area contributed by atoms with Crippen molar-refractivity contribution in [2.75, 3.05) is 7.05 Å². The molecule has 0 aliphatic carbocycles. The Balaban J connectivity index is 2.36. The lowest BCUT2D eigenvalue weighted by Gasteiger charge is -2.14. The molecule has 1 N–H and O–H groups in total. The lowest BCUT2D eigenvalue weighted by atomic mass is 10.2. The number of aryl methyl sites for hydroxylation is 1. The maximum Gasteiger partial charge on any atom is 0.0946 e. The molecule has 0 aliphatic rings. The molecule has 1 atom stereocenters. The van der Waals surface area contributed by atoms with Gasteiger partial charge in [-0.2, -0.15) is 0 Å². The normalized spacial score (nSPS) is 13.0. The van der Waals surface area contributed by atoms with Crippen molar-refractivity contribution in [3.63, 3.8) is 0 Å². The van der Waals surface area contributed by atoms with Crippen LogP contribution in [0.5, 0.6) is 0 Å². The van der Waals surface area contributed by atoms with Crippen molar-refractivity contribution >= 4 is 22.9 Å². The summed E-state index contributed by atoms with van der Waals surface area (Å²) in [5.74, 6) is 0. The molecule has 2 aromatic heterocycles. The first kappa shape index (κ1) is 10.7. The summed E-state index contributed by atoms with van der Waals surface area (Å²) in [6.07, 6.45) is 3.67. The van der Waals surface area contributed by atoms with Crippen LogP contribution in [0.4, 0.5) is 0 Å². The van der Waals surface area contributed by atoms with Crippen molar-refractivity contribution < 1.29 is 0 Å².